The molecule has 0 fully saturated rings. The monoisotopic (exact) mass is 415 g/mol. The average Bonchev–Trinajstić information content (AvgIpc) is 2.87. The molecule has 1 aromatic heterocycles. The van der Waals surface area contributed by atoms with E-state index in [1.807, 2.05) is 43.5 Å². The molecule has 0 aliphatic carbocycles. The van der Waals surface area contributed by atoms with Crippen LogP contribution in [0.3, 0.4) is 0 Å². The van der Waals surface area contributed by atoms with Crippen molar-refractivity contribution in [2.75, 3.05) is 12.0 Å². The molecule has 0 aliphatic rings. The Hall–Kier alpha value is -1.80. The highest BCUT2D eigenvalue weighted by Gasteiger charge is 2.16. The van der Waals surface area contributed by atoms with Crippen molar-refractivity contribution in [2.24, 2.45) is 0 Å². The second kappa shape index (κ2) is 8.48. The summed E-state index contributed by atoms with van der Waals surface area (Å²) in [6.07, 6.45) is 1.25. The molecule has 0 spiro atoms. The molecule has 0 unspecified atom stereocenters. The van der Waals surface area contributed by atoms with Gasteiger partial charge >= 0.3 is 6.09 Å². The predicted molar refractivity (Wildman–Crippen MR) is 107 cm³/mol. The Morgan fingerprint density at radius 3 is 2.63 bits per heavy atom. The molecule has 9 heteroatoms. The molecule has 0 atom stereocenters. The van der Waals surface area contributed by atoms with Crippen molar-refractivity contribution in [3.8, 4) is 0 Å². The second-order valence-corrected chi connectivity index (χ2v) is 10.0. The molecule has 1 N–H and O–H groups in total. The summed E-state index contributed by atoms with van der Waals surface area (Å²) in [6.45, 7) is 6.28. The van der Waals surface area contributed by atoms with Gasteiger partial charge in [-0.2, -0.15) is 0 Å². The number of ether oxygens (including phenoxy) is 1. The molecule has 1 amide bonds. The van der Waals surface area contributed by atoms with Gasteiger partial charge in [-0.1, -0.05) is 6.07 Å². The number of hydrogen-bond acceptors (Lipinski definition) is 5. The molecule has 7 nitrogen and oxygen atoms in total. The van der Waals surface area contributed by atoms with Gasteiger partial charge in [0.05, 0.1) is 22.7 Å². The van der Waals surface area contributed by atoms with Crippen LogP contribution in [0.2, 0.25) is 0 Å². The van der Waals surface area contributed by atoms with Gasteiger partial charge in [0.2, 0.25) is 0 Å². The predicted octanol–water partition coefficient (Wildman–Crippen LogP) is 3.23. The summed E-state index contributed by atoms with van der Waals surface area (Å²) in [5.74, 6) is 1.04. The van der Waals surface area contributed by atoms with E-state index in [2.05, 4.69) is 10.3 Å². The van der Waals surface area contributed by atoms with E-state index in [1.54, 1.807) is 0 Å². The minimum atomic E-state index is -3.00. The zero-order chi connectivity index (χ0) is 20.2. The number of sulfone groups is 1. The summed E-state index contributed by atoms with van der Waals surface area (Å²) in [5, 5.41) is 2.72. The lowest BCUT2D eigenvalue weighted by Gasteiger charge is -2.19. The Bertz CT molecular complexity index is 917. The van der Waals surface area contributed by atoms with Crippen LogP contribution in [0.1, 0.15) is 38.6 Å². The maximum absolute atomic E-state index is 11.8. The van der Waals surface area contributed by atoms with E-state index in [0.717, 1.165) is 16.6 Å². The smallest absolute Gasteiger partial charge is 0.407 e. The number of hydrogen-bond donors (Lipinski definition) is 1. The fourth-order valence-corrected chi connectivity index (χ4v) is 3.52. The first-order valence-electron chi connectivity index (χ1n) is 8.67. The zero-order valence-corrected chi connectivity index (χ0v) is 17.7. The fourth-order valence-electron chi connectivity index (χ4n) is 2.66. The lowest BCUT2D eigenvalue weighted by molar-refractivity contribution is 0.0523. The van der Waals surface area contributed by atoms with Crippen LogP contribution in [-0.4, -0.2) is 41.7 Å². The quantitative estimate of drug-likeness (QED) is 0.701. The average molecular weight is 416 g/mol. The number of alkyl carbamates (subject to hydrolysis) is 1. The Morgan fingerprint density at radius 2 is 2.04 bits per heavy atom. The second-order valence-electron chi connectivity index (χ2n) is 7.48. The van der Waals surface area contributed by atoms with Gasteiger partial charge in [-0.15, -0.1) is 11.6 Å². The van der Waals surface area contributed by atoms with Crippen molar-refractivity contribution in [2.45, 2.75) is 51.8 Å². The summed E-state index contributed by atoms with van der Waals surface area (Å²) < 4.78 is 29.8. The van der Waals surface area contributed by atoms with Crippen molar-refractivity contribution >= 4 is 38.6 Å². The molecule has 0 bridgehead atoms. The van der Waals surface area contributed by atoms with Crippen molar-refractivity contribution < 1.29 is 17.9 Å². The zero-order valence-electron chi connectivity index (χ0n) is 16.1. The third kappa shape index (κ3) is 6.70. The van der Waals surface area contributed by atoms with E-state index >= 15 is 0 Å². The Kier molecular flexibility index (Phi) is 6.75. The maximum Gasteiger partial charge on any atom is 0.407 e. The number of rotatable bonds is 7. The van der Waals surface area contributed by atoms with Gasteiger partial charge in [0.1, 0.15) is 21.3 Å². The molecule has 27 heavy (non-hydrogen) atoms. The molecular weight excluding hydrogens is 390 g/mol. The topological polar surface area (TPSA) is 90.3 Å². The number of aromatic nitrogens is 2. The number of fused-ring (bicyclic) bond motifs is 1. The number of imidazole rings is 1. The van der Waals surface area contributed by atoms with E-state index in [-0.39, 0.29) is 11.6 Å². The van der Waals surface area contributed by atoms with E-state index in [9.17, 15) is 13.2 Å². The molecule has 1 heterocycles. The van der Waals surface area contributed by atoms with Gasteiger partial charge in [0.15, 0.2) is 0 Å². The summed E-state index contributed by atoms with van der Waals surface area (Å²) in [4.78, 5) is 16.3. The van der Waals surface area contributed by atoms with E-state index in [1.165, 1.54) is 6.26 Å². The molecule has 0 saturated carbocycles. The van der Waals surface area contributed by atoms with E-state index in [4.69, 9.17) is 16.3 Å². The third-order valence-electron chi connectivity index (χ3n) is 3.74. The van der Waals surface area contributed by atoms with Crippen molar-refractivity contribution in [3.63, 3.8) is 0 Å². The summed E-state index contributed by atoms with van der Waals surface area (Å²) in [7, 11) is -3.00. The van der Waals surface area contributed by atoms with Gasteiger partial charge in [-0.25, -0.2) is 18.2 Å². The molecule has 0 saturated heterocycles. The lowest BCUT2D eigenvalue weighted by Crippen LogP contribution is -2.32. The first kappa shape index (κ1) is 21.5. The SMILES string of the molecule is CC(C)(C)OC(=O)NCc1ccc2c(c1)nc(CCl)n2CCCS(C)(=O)=O. The van der Waals surface area contributed by atoms with Crippen molar-refractivity contribution in [3.05, 3.63) is 29.6 Å². The van der Waals surface area contributed by atoms with Crippen LogP contribution in [0.15, 0.2) is 18.2 Å². The normalized spacial score (nSPS) is 12.3. The summed E-state index contributed by atoms with van der Waals surface area (Å²) >= 11 is 6.00. The number of alkyl halides is 1. The van der Waals surface area contributed by atoms with Crippen molar-refractivity contribution in [1.82, 2.24) is 14.9 Å². The van der Waals surface area contributed by atoms with Crippen LogP contribution in [0.25, 0.3) is 11.0 Å². The standard InChI is InChI=1S/C18H26ClN3O4S/c1-18(2,3)26-17(23)20-12-13-6-7-15-14(10-13)21-16(11-19)22(15)8-5-9-27(4,24)25/h6-7,10H,5,8-9,11-12H2,1-4H3,(H,20,23). The van der Waals surface area contributed by atoms with E-state index < -0.39 is 21.5 Å². The molecular formula is C18H26ClN3O4S. The van der Waals surface area contributed by atoms with Crippen molar-refractivity contribution in [1.29, 1.82) is 0 Å². The van der Waals surface area contributed by atoms with Crippen LogP contribution >= 0.6 is 11.6 Å². The lowest BCUT2D eigenvalue weighted by atomic mass is 10.2. The number of aryl methyl sites for hydroxylation is 1. The highest BCUT2D eigenvalue weighted by Crippen LogP contribution is 2.20. The number of carbonyl (C=O) groups is 1. The molecule has 1 aromatic carbocycles. The third-order valence-corrected chi connectivity index (χ3v) is 5.01. The number of amides is 1. The van der Waals surface area contributed by atoms with Gasteiger partial charge in [0.25, 0.3) is 0 Å². The number of benzene rings is 1. The van der Waals surface area contributed by atoms with E-state index in [0.29, 0.717) is 25.3 Å². The summed E-state index contributed by atoms with van der Waals surface area (Å²) in [5.41, 5.74) is 1.98. The number of nitrogens with zero attached hydrogens (tertiary/aromatic N) is 2. The molecule has 0 radical (unpaired) electrons. The number of halogens is 1. The Balaban J connectivity index is 2.12. The molecule has 2 aromatic rings. The minimum absolute atomic E-state index is 0.117. The highest BCUT2D eigenvalue weighted by molar-refractivity contribution is 7.90. The van der Waals surface area contributed by atoms with Crippen LogP contribution in [0, 0.1) is 0 Å². The van der Waals surface area contributed by atoms with Gasteiger partial charge < -0.3 is 14.6 Å². The van der Waals surface area contributed by atoms with Crippen LogP contribution in [-0.2, 0) is 33.5 Å². The Labute approximate surface area is 165 Å². The molecule has 2 rings (SSSR count). The Morgan fingerprint density at radius 1 is 1.33 bits per heavy atom. The highest BCUT2D eigenvalue weighted by atomic mass is 35.5. The van der Waals surface area contributed by atoms with Crippen LogP contribution < -0.4 is 5.32 Å². The molecule has 150 valence electrons. The summed E-state index contributed by atoms with van der Waals surface area (Å²) in [6, 6.07) is 5.69. The largest absolute Gasteiger partial charge is 0.444 e. The van der Waals surface area contributed by atoms with Gasteiger partial charge in [0, 0.05) is 19.3 Å². The molecule has 0 aliphatic heterocycles. The first-order valence-corrected chi connectivity index (χ1v) is 11.3. The maximum atomic E-state index is 11.8. The van der Waals surface area contributed by atoms with Crippen LogP contribution in [0.4, 0.5) is 4.79 Å². The number of nitrogens with one attached hydrogen (secondary N) is 1. The first-order chi connectivity index (χ1) is 12.5. The van der Waals surface area contributed by atoms with Gasteiger partial charge in [-0.05, 0) is 44.9 Å². The fraction of sp³-hybridized carbons (Fsp3) is 0.556. The van der Waals surface area contributed by atoms with Crippen LogP contribution in [0.5, 0.6) is 0 Å². The van der Waals surface area contributed by atoms with Gasteiger partial charge in [-0.3, -0.25) is 0 Å². The minimum Gasteiger partial charge on any atom is -0.444 e. The number of carbonyl (C=O) groups excluding carboxylic acids is 1.